The fourth-order valence-corrected chi connectivity index (χ4v) is 6.65. The van der Waals surface area contributed by atoms with E-state index in [0.717, 1.165) is 18.2 Å². The summed E-state index contributed by atoms with van der Waals surface area (Å²) in [5.74, 6) is -2.08. The number of anilines is 1. The number of imidazole rings is 1. The number of hydrogen-bond acceptors (Lipinski definition) is 11. The normalized spacial score (nSPS) is 34.6. The molecule has 15 heteroatoms. The highest BCUT2D eigenvalue weighted by Gasteiger charge is 2.64. The summed E-state index contributed by atoms with van der Waals surface area (Å²) in [7, 11) is -4.16. The molecular weight excluding hydrogens is 527 g/mol. The molecule has 0 saturated carbocycles. The average Bonchev–Trinajstić information content (AvgIpc) is 3.47. The van der Waals surface area contributed by atoms with Gasteiger partial charge in [-0.15, -0.1) is 0 Å². The summed E-state index contributed by atoms with van der Waals surface area (Å²) in [5, 5.41) is 0. The van der Waals surface area contributed by atoms with Crippen molar-refractivity contribution in [3.63, 3.8) is 0 Å². The summed E-state index contributed by atoms with van der Waals surface area (Å²) in [4.78, 5) is 12.6. The molecule has 0 aliphatic carbocycles. The third-order valence-corrected chi connectivity index (χ3v) is 8.28. The largest absolute Gasteiger partial charge is 0.475 e. The number of phosphoric acid groups is 1. The Labute approximate surface area is 216 Å². The lowest BCUT2D eigenvalue weighted by atomic mass is 9.96. The topological polar surface area (TPSA) is 142 Å². The number of hydrogen-bond donors (Lipinski definition) is 1. The standard InChI is InChI=1S/C23H26F2N5O7P/c1-22(2)35-18-16(9-33-38(31)32-7-6-15(36-38)13-8-12(24)4-5-14(13)25)34-21(23(18,3)37-22)30-11-29-17-19(26)27-10-28-20(17)30/h4-5,8,10-11,15-16,18,21H,6-7,9H2,1-3H3,(H2,26,27,28)/t15?,16-,18-,21-,23-,38?/m1/s1. The maximum atomic E-state index is 14.3. The lowest BCUT2D eigenvalue weighted by molar-refractivity contribution is -0.217. The van der Waals surface area contributed by atoms with E-state index in [1.54, 1.807) is 18.4 Å². The van der Waals surface area contributed by atoms with Crippen molar-refractivity contribution in [2.24, 2.45) is 0 Å². The molecule has 6 atom stereocenters. The van der Waals surface area contributed by atoms with Gasteiger partial charge in [-0.05, 0) is 39.0 Å². The van der Waals surface area contributed by atoms with Crippen LogP contribution in [0.25, 0.3) is 11.2 Å². The van der Waals surface area contributed by atoms with Crippen molar-refractivity contribution in [1.29, 1.82) is 0 Å². The van der Waals surface area contributed by atoms with Crippen molar-refractivity contribution < 1.29 is 41.1 Å². The molecular formula is C23H26F2N5O7P. The van der Waals surface area contributed by atoms with Gasteiger partial charge in [-0.2, -0.15) is 0 Å². The highest BCUT2D eigenvalue weighted by atomic mass is 31.2. The fraction of sp³-hybridized carbons (Fsp3) is 0.522. The van der Waals surface area contributed by atoms with Crippen LogP contribution in [0.2, 0.25) is 0 Å². The Hall–Kier alpha value is -2.58. The van der Waals surface area contributed by atoms with Crippen LogP contribution in [0.4, 0.5) is 14.6 Å². The van der Waals surface area contributed by atoms with Gasteiger partial charge in [0.15, 0.2) is 23.5 Å². The maximum Gasteiger partial charge on any atom is 0.475 e. The number of nitrogens with zero attached hydrogens (tertiary/aromatic N) is 4. The molecule has 204 valence electrons. The Balaban J connectivity index is 1.24. The van der Waals surface area contributed by atoms with Gasteiger partial charge in [0.25, 0.3) is 0 Å². The Morgan fingerprint density at radius 3 is 2.87 bits per heavy atom. The predicted octanol–water partition coefficient (Wildman–Crippen LogP) is 3.80. The zero-order valence-corrected chi connectivity index (χ0v) is 21.6. The van der Waals surface area contributed by atoms with E-state index in [1.165, 1.54) is 12.7 Å². The van der Waals surface area contributed by atoms with E-state index in [1.807, 2.05) is 6.92 Å². The van der Waals surface area contributed by atoms with E-state index in [0.29, 0.717) is 11.2 Å². The third-order valence-electron chi connectivity index (χ3n) is 6.80. The number of aromatic nitrogens is 4. The highest BCUT2D eigenvalue weighted by Crippen LogP contribution is 2.58. The van der Waals surface area contributed by atoms with Crippen LogP contribution in [0.15, 0.2) is 30.9 Å². The molecule has 3 saturated heterocycles. The van der Waals surface area contributed by atoms with Crippen molar-refractivity contribution in [1.82, 2.24) is 19.5 Å². The number of fused-ring (bicyclic) bond motifs is 2. The molecule has 0 spiro atoms. The maximum absolute atomic E-state index is 14.3. The summed E-state index contributed by atoms with van der Waals surface area (Å²) < 4.78 is 78.3. The third kappa shape index (κ3) is 4.30. The molecule has 1 aromatic carbocycles. The van der Waals surface area contributed by atoms with Gasteiger partial charge in [0.05, 0.1) is 25.6 Å². The number of benzene rings is 1. The van der Waals surface area contributed by atoms with Crippen LogP contribution in [0.3, 0.4) is 0 Å². The van der Waals surface area contributed by atoms with Gasteiger partial charge in [-0.3, -0.25) is 18.1 Å². The number of nitrogens with two attached hydrogens (primary N) is 1. The minimum Gasteiger partial charge on any atom is -0.382 e. The molecule has 0 amide bonds. The first kappa shape index (κ1) is 25.7. The second-order valence-corrected chi connectivity index (χ2v) is 11.6. The van der Waals surface area contributed by atoms with Crippen LogP contribution in [0, 0.1) is 11.6 Å². The van der Waals surface area contributed by atoms with E-state index in [2.05, 4.69) is 15.0 Å². The van der Waals surface area contributed by atoms with Crippen LogP contribution < -0.4 is 5.73 Å². The molecule has 3 fully saturated rings. The van der Waals surface area contributed by atoms with E-state index in [4.69, 9.17) is 33.5 Å². The SMILES string of the molecule is CC1(C)O[C@@H]2[C@@H](COP3(=O)OCCC(c4cc(F)ccc4F)O3)O[C@@H](n3cnc4c(N)ncnc43)[C@]2(C)O1. The summed E-state index contributed by atoms with van der Waals surface area (Å²) in [6.45, 7) is 5.06. The molecule has 3 aliphatic heterocycles. The molecule has 2 unspecified atom stereocenters. The van der Waals surface area contributed by atoms with Crippen molar-refractivity contribution >= 4 is 24.8 Å². The Kier molecular flexibility index (Phi) is 6.07. The first-order chi connectivity index (χ1) is 18.0. The molecule has 6 rings (SSSR count). The van der Waals surface area contributed by atoms with Crippen molar-refractivity contribution in [3.8, 4) is 0 Å². The molecule has 5 heterocycles. The zero-order chi connectivity index (χ0) is 26.9. The molecule has 0 radical (unpaired) electrons. The summed E-state index contributed by atoms with van der Waals surface area (Å²) >= 11 is 0. The smallest absolute Gasteiger partial charge is 0.382 e. The van der Waals surface area contributed by atoms with Gasteiger partial charge in [0, 0.05) is 12.0 Å². The molecule has 0 bridgehead atoms. The molecule has 12 nitrogen and oxygen atoms in total. The van der Waals surface area contributed by atoms with E-state index in [9.17, 15) is 13.3 Å². The predicted molar refractivity (Wildman–Crippen MR) is 126 cm³/mol. The van der Waals surface area contributed by atoms with Crippen molar-refractivity contribution in [3.05, 3.63) is 48.1 Å². The molecule has 2 N–H and O–H groups in total. The summed E-state index contributed by atoms with van der Waals surface area (Å²) in [6.07, 6.45) is -0.220. The van der Waals surface area contributed by atoms with E-state index >= 15 is 0 Å². The molecule has 3 aliphatic rings. The lowest BCUT2D eigenvalue weighted by Crippen LogP contribution is -2.42. The summed E-state index contributed by atoms with van der Waals surface area (Å²) in [6, 6.07) is 2.98. The Morgan fingerprint density at radius 2 is 2.05 bits per heavy atom. The quantitative estimate of drug-likeness (QED) is 0.461. The second-order valence-electron chi connectivity index (χ2n) is 9.96. The number of nitrogen functional groups attached to an aromatic ring is 1. The number of phosphoric ester groups is 1. The number of halogens is 2. The second kappa shape index (κ2) is 8.98. The Morgan fingerprint density at radius 1 is 1.24 bits per heavy atom. The van der Waals surface area contributed by atoms with E-state index < -0.39 is 55.4 Å². The van der Waals surface area contributed by atoms with Gasteiger partial charge in [0.1, 0.15) is 41.3 Å². The van der Waals surface area contributed by atoms with Crippen LogP contribution in [-0.4, -0.2) is 56.3 Å². The minimum absolute atomic E-state index is 0.0397. The van der Waals surface area contributed by atoms with E-state index in [-0.39, 0.29) is 31.0 Å². The zero-order valence-electron chi connectivity index (χ0n) is 20.7. The van der Waals surface area contributed by atoms with Gasteiger partial charge in [0.2, 0.25) is 0 Å². The Bertz CT molecular complexity index is 1440. The number of ether oxygens (including phenoxy) is 3. The van der Waals surface area contributed by atoms with Gasteiger partial charge >= 0.3 is 7.82 Å². The van der Waals surface area contributed by atoms with Crippen LogP contribution in [0.1, 0.15) is 45.1 Å². The monoisotopic (exact) mass is 553 g/mol. The number of rotatable bonds is 5. The average molecular weight is 553 g/mol. The summed E-state index contributed by atoms with van der Waals surface area (Å²) in [5.41, 5.74) is 5.69. The first-order valence-corrected chi connectivity index (χ1v) is 13.4. The molecule has 3 aromatic rings. The van der Waals surface area contributed by atoms with Gasteiger partial charge < -0.3 is 19.9 Å². The van der Waals surface area contributed by atoms with Crippen molar-refractivity contribution in [2.75, 3.05) is 18.9 Å². The van der Waals surface area contributed by atoms with Crippen LogP contribution in [-0.2, 0) is 32.3 Å². The van der Waals surface area contributed by atoms with Crippen LogP contribution in [0.5, 0.6) is 0 Å². The van der Waals surface area contributed by atoms with Crippen LogP contribution >= 0.6 is 7.82 Å². The highest BCUT2D eigenvalue weighted by molar-refractivity contribution is 7.48. The van der Waals surface area contributed by atoms with Gasteiger partial charge in [-0.1, -0.05) is 0 Å². The lowest BCUT2D eigenvalue weighted by Gasteiger charge is -2.30. The fourth-order valence-electron chi connectivity index (χ4n) is 5.27. The minimum atomic E-state index is -4.16. The molecule has 2 aromatic heterocycles. The first-order valence-electron chi connectivity index (χ1n) is 12.0. The molecule has 38 heavy (non-hydrogen) atoms. The van der Waals surface area contributed by atoms with Gasteiger partial charge in [-0.25, -0.2) is 28.3 Å². The van der Waals surface area contributed by atoms with Crippen molar-refractivity contribution in [2.45, 2.75) is 63.1 Å².